The third kappa shape index (κ3) is 3.58. The van der Waals surface area contributed by atoms with E-state index in [0.29, 0.717) is 5.82 Å². The monoisotopic (exact) mass is 309 g/mol. The molecule has 2 N–H and O–H groups in total. The van der Waals surface area contributed by atoms with Gasteiger partial charge in [0.15, 0.2) is 5.82 Å². The van der Waals surface area contributed by atoms with Crippen molar-refractivity contribution in [1.29, 1.82) is 0 Å². The number of H-pyrrole nitrogens is 1. The Kier molecular flexibility index (Phi) is 4.33. The average Bonchev–Trinajstić information content (AvgIpc) is 3.19. The number of nitrogens with zero attached hydrogens (tertiary/aromatic N) is 1. The molecular weight excluding hydrogens is 286 g/mol. The predicted molar refractivity (Wildman–Crippen MR) is 78.5 cm³/mol. The van der Waals surface area contributed by atoms with Crippen molar-refractivity contribution in [3.05, 3.63) is 16.4 Å². The summed E-state index contributed by atoms with van der Waals surface area (Å²) in [7, 11) is 0. The molecule has 0 aromatic carbocycles. The first kappa shape index (κ1) is 15.3. The van der Waals surface area contributed by atoms with Crippen LogP contribution in [0.1, 0.15) is 63.6 Å². The van der Waals surface area contributed by atoms with Crippen molar-refractivity contribution in [3.63, 3.8) is 0 Å². The number of aromatic nitrogens is 2. The number of aromatic amines is 1. The summed E-state index contributed by atoms with van der Waals surface area (Å²) in [6.07, 6.45) is 6.95. The summed E-state index contributed by atoms with van der Waals surface area (Å²) in [6, 6.07) is 0.109. The van der Waals surface area contributed by atoms with E-state index in [1.165, 1.54) is 12.8 Å². The summed E-state index contributed by atoms with van der Waals surface area (Å²) in [5, 5.41) is 6.74. The Labute approximate surface area is 128 Å². The Balaban J connectivity index is 1.43. The topological polar surface area (TPSA) is 97.2 Å². The van der Waals surface area contributed by atoms with Crippen LogP contribution >= 0.6 is 0 Å². The van der Waals surface area contributed by atoms with Crippen LogP contribution in [-0.2, 0) is 9.53 Å². The van der Waals surface area contributed by atoms with Crippen LogP contribution in [0.15, 0.2) is 9.32 Å². The van der Waals surface area contributed by atoms with Gasteiger partial charge in [-0.3, -0.25) is 14.3 Å². The van der Waals surface area contributed by atoms with Gasteiger partial charge in [-0.05, 0) is 39.0 Å². The van der Waals surface area contributed by atoms with E-state index in [4.69, 9.17) is 4.74 Å². The van der Waals surface area contributed by atoms with Crippen LogP contribution in [-0.4, -0.2) is 34.3 Å². The van der Waals surface area contributed by atoms with Gasteiger partial charge in [0.1, 0.15) is 6.61 Å². The Morgan fingerprint density at radius 3 is 2.91 bits per heavy atom. The molecule has 2 unspecified atom stereocenters. The van der Waals surface area contributed by atoms with Crippen molar-refractivity contribution in [2.45, 2.75) is 69.4 Å². The average molecular weight is 309 g/mol. The van der Waals surface area contributed by atoms with Crippen LogP contribution in [0.2, 0.25) is 0 Å². The fourth-order valence-corrected chi connectivity index (χ4v) is 3.55. The maximum Gasteiger partial charge on any atom is 0.438 e. The lowest BCUT2D eigenvalue weighted by molar-refractivity contribution is -0.132. The minimum Gasteiger partial charge on any atom is -0.365 e. The van der Waals surface area contributed by atoms with Gasteiger partial charge in [-0.25, -0.2) is 4.79 Å². The molecule has 1 heterocycles. The van der Waals surface area contributed by atoms with Crippen molar-refractivity contribution in [2.24, 2.45) is 0 Å². The molecule has 7 heteroatoms. The molecule has 0 bridgehead atoms. The first-order valence-corrected chi connectivity index (χ1v) is 8.03. The maximum absolute atomic E-state index is 12.0. The third-order valence-electron chi connectivity index (χ3n) is 4.85. The zero-order chi connectivity index (χ0) is 15.6. The molecule has 1 amide bonds. The van der Waals surface area contributed by atoms with Gasteiger partial charge in [-0.1, -0.05) is 18.0 Å². The molecule has 0 aliphatic heterocycles. The molecule has 122 valence electrons. The largest absolute Gasteiger partial charge is 0.438 e. The van der Waals surface area contributed by atoms with Gasteiger partial charge >= 0.3 is 5.76 Å². The minimum atomic E-state index is -0.527. The summed E-state index contributed by atoms with van der Waals surface area (Å²) in [4.78, 5) is 25.6. The first-order chi connectivity index (χ1) is 10.5. The number of hydrogen-bond acceptors (Lipinski definition) is 5. The summed E-state index contributed by atoms with van der Waals surface area (Å²) >= 11 is 0. The molecule has 3 rings (SSSR count). The van der Waals surface area contributed by atoms with Crippen molar-refractivity contribution < 1.29 is 14.1 Å². The van der Waals surface area contributed by atoms with E-state index >= 15 is 0 Å². The predicted octanol–water partition coefficient (Wildman–Crippen LogP) is 1.46. The Bertz CT molecular complexity index is 573. The minimum absolute atomic E-state index is 0.0626. The summed E-state index contributed by atoms with van der Waals surface area (Å²) in [5.41, 5.74) is -0.129. The van der Waals surface area contributed by atoms with Gasteiger partial charge < -0.3 is 10.1 Å². The number of rotatable bonds is 5. The van der Waals surface area contributed by atoms with Crippen molar-refractivity contribution >= 4 is 5.91 Å². The molecular formula is C15H23N3O4. The molecule has 1 aromatic rings. The van der Waals surface area contributed by atoms with Crippen LogP contribution in [0.5, 0.6) is 0 Å². The molecule has 22 heavy (non-hydrogen) atoms. The van der Waals surface area contributed by atoms with Gasteiger partial charge in [-0.15, -0.1) is 0 Å². The Hall–Kier alpha value is -1.63. The molecule has 0 saturated heterocycles. The highest BCUT2D eigenvalue weighted by atomic mass is 16.5. The standard InChI is InChI=1S/C15H23N3O4/c1-15(6-2-3-7-15)21-9-12(19)16-11-5-4-10(8-11)13-17-14(20)22-18-13/h10-11H,2-9H2,1H3,(H,16,19)(H,17,18,20). The van der Waals surface area contributed by atoms with Crippen LogP contribution in [0.4, 0.5) is 0 Å². The molecule has 7 nitrogen and oxygen atoms in total. The van der Waals surface area contributed by atoms with Crippen LogP contribution in [0.3, 0.4) is 0 Å². The van der Waals surface area contributed by atoms with Crippen LogP contribution in [0, 0.1) is 0 Å². The van der Waals surface area contributed by atoms with Crippen molar-refractivity contribution in [3.8, 4) is 0 Å². The quantitative estimate of drug-likeness (QED) is 0.858. The number of nitrogens with one attached hydrogen (secondary N) is 2. The van der Waals surface area contributed by atoms with E-state index in [9.17, 15) is 9.59 Å². The number of carbonyl (C=O) groups excluding carboxylic acids is 1. The Morgan fingerprint density at radius 2 is 2.23 bits per heavy atom. The van der Waals surface area contributed by atoms with Crippen LogP contribution < -0.4 is 11.1 Å². The molecule has 2 aliphatic rings. The second-order valence-corrected chi connectivity index (χ2v) is 6.70. The highest BCUT2D eigenvalue weighted by molar-refractivity contribution is 5.77. The normalized spacial score (nSPS) is 27.1. The van der Waals surface area contributed by atoms with Gasteiger partial charge in [0.25, 0.3) is 0 Å². The summed E-state index contributed by atoms with van der Waals surface area (Å²) in [6.45, 7) is 2.21. The van der Waals surface area contributed by atoms with Crippen LogP contribution in [0.25, 0.3) is 0 Å². The van der Waals surface area contributed by atoms with E-state index < -0.39 is 5.76 Å². The molecule has 2 aliphatic carbocycles. The Morgan fingerprint density at radius 1 is 1.45 bits per heavy atom. The van der Waals surface area contributed by atoms with Crippen molar-refractivity contribution in [1.82, 2.24) is 15.5 Å². The SMILES string of the molecule is CC1(OCC(=O)NC2CCC(c3noc(=O)[nH]3)C2)CCCC1. The molecule has 2 fully saturated rings. The molecule has 0 radical (unpaired) electrons. The lowest BCUT2D eigenvalue weighted by atomic mass is 10.1. The zero-order valence-corrected chi connectivity index (χ0v) is 12.9. The highest BCUT2D eigenvalue weighted by Gasteiger charge is 2.32. The van der Waals surface area contributed by atoms with E-state index in [2.05, 4.69) is 26.9 Å². The first-order valence-electron chi connectivity index (χ1n) is 8.03. The van der Waals surface area contributed by atoms with E-state index in [-0.39, 0.29) is 30.1 Å². The molecule has 2 saturated carbocycles. The second-order valence-electron chi connectivity index (χ2n) is 6.70. The molecule has 1 aromatic heterocycles. The third-order valence-corrected chi connectivity index (χ3v) is 4.85. The lowest BCUT2D eigenvalue weighted by Crippen LogP contribution is -2.38. The fourth-order valence-electron chi connectivity index (χ4n) is 3.55. The van der Waals surface area contributed by atoms with E-state index in [0.717, 1.165) is 32.1 Å². The summed E-state index contributed by atoms with van der Waals surface area (Å²) in [5.74, 6) is 0.134. The van der Waals surface area contributed by atoms with Crippen molar-refractivity contribution in [2.75, 3.05) is 6.61 Å². The van der Waals surface area contributed by atoms with E-state index in [1.54, 1.807) is 0 Å². The fraction of sp³-hybridized carbons (Fsp3) is 0.800. The van der Waals surface area contributed by atoms with Gasteiger partial charge in [-0.2, -0.15) is 0 Å². The lowest BCUT2D eigenvalue weighted by Gasteiger charge is -2.24. The smallest absolute Gasteiger partial charge is 0.365 e. The van der Waals surface area contributed by atoms with Gasteiger partial charge in [0.05, 0.1) is 5.60 Å². The number of carbonyl (C=O) groups is 1. The number of hydrogen-bond donors (Lipinski definition) is 2. The zero-order valence-electron chi connectivity index (χ0n) is 12.9. The van der Waals surface area contributed by atoms with Gasteiger partial charge in [0, 0.05) is 12.0 Å². The van der Waals surface area contributed by atoms with E-state index in [1.807, 2.05) is 0 Å². The number of amides is 1. The second kappa shape index (κ2) is 6.24. The summed E-state index contributed by atoms with van der Waals surface area (Å²) < 4.78 is 10.3. The maximum atomic E-state index is 12.0. The molecule has 2 atom stereocenters. The highest BCUT2D eigenvalue weighted by Crippen LogP contribution is 2.33. The number of ether oxygens (including phenoxy) is 1. The molecule has 0 spiro atoms. The van der Waals surface area contributed by atoms with Gasteiger partial charge in [0.2, 0.25) is 5.91 Å².